The van der Waals surface area contributed by atoms with E-state index in [1.165, 1.54) is 11.0 Å². The van der Waals surface area contributed by atoms with Crippen LogP contribution in [-0.4, -0.2) is 54.1 Å². The van der Waals surface area contributed by atoms with E-state index in [0.29, 0.717) is 18.6 Å². The van der Waals surface area contributed by atoms with Gasteiger partial charge in [-0.3, -0.25) is 0 Å². The van der Waals surface area contributed by atoms with Crippen molar-refractivity contribution in [1.29, 1.82) is 0 Å². The lowest BCUT2D eigenvalue weighted by molar-refractivity contribution is 0.00578. The summed E-state index contributed by atoms with van der Waals surface area (Å²) in [4.78, 5) is 12.0. The summed E-state index contributed by atoms with van der Waals surface area (Å²) >= 11 is 0. The van der Waals surface area contributed by atoms with Crippen LogP contribution in [0.5, 0.6) is 5.75 Å². The quantitative estimate of drug-likeness (QED) is 0.842. The van der Waals surface area contributed by atoms with Gasteiger partial charge in [-0.25, -0.2) is 9.18 Å². The van der Waals surface area contributed by atoms with Gasteiger partial charge in [0.25, 0.3) is 0 Å². The molecule has 1 aromatic carbocycles. The molecule has 25 heavy (non-hydrogen) atoms. The zero-order valence-corrected chi connectivity index (χ0v) is 14.9. The van der Waals surface area contributed by atoms with Crippen LogP contribution >= 0.6 is 0 Å². The van der Waals surface area contributed by atoms with Crippen LogP contribution in [0.3, 0.4) is 0 Å². The van der Waals surface area contributed by atoms with E-state index in [0.717, 1.165) is 0 Å². The second kappa shape index (κ2) is 6.18. The highest BCUT2D eigenvalue weighted by molar-refractivity contribution is 6.62. The number of rotatable bonds is 4. The third kappa shape index (κ3) is 3.46. The predicted octanol–water partition coefficient (Wildman–Crippen LogP) is 2.11. The minimum Gasteiger partial charge on any atom is -0.490 e. The van der Waals surface area contributed by atoms with Crippen LogP contribution in [0.2, 0.25) is 0 Å². The zero-order valence-electron chi connectivity index (χ0n) is 14.9. The number of carboxylic acid groups (broad SMARTS) is 1. The molecule has 3 rings (SSSR count). The summed E-state index contributed by atoms with van der Waals surface area (Å²) in [5, 5.41) is 8.79. The monoisotopic (exact) mass is 351 g/mol. The molecule has 2 aliphatic rings. The summed E-state index contributed by atoms with van der Waals surface area (Å²) in [5.74, 6) is -0.242. The Morgan fingerprint density at radius 2 is 1.92 bits per heavy atom. The number of halogens is 1. The maximum atomic E-state index is 14.3. The molecule has 2 fully saturated rings. The van der Waals surface area contributed by atoms with Crippen molar-refractivity contribution in [2.75, 3.05) is 19.7 Å². The molecule has 0 aliphatic carbocycles. The van der Waals surface area contributed by atoms with E-state index < -0.39 is 30.2 Å². The summed E-state index contributed by atoms with van der Waals surface area (Å²) in [6.45, 7) is 8.90. The molecule has 6 nitrogen and oxygen atoms in total. The van der Waals surface area contributed by atoms with Gasteiger partial charge in [-0.15, -0.1) is 0 Å². The van der Waals surface area contributed by atoms with Crippen LogP contribution in [0.4, 0.5) is 9.18 Å². The van der Waals surface area contributed by atoms with E-state index in [1.54, 1.807) is 12.1 Å². The van der Waals surface area contributed by atoms with Gasteiger partial charge in [-0.2, -0.15) is 0 Å². The lowest BCUT2D eigenvalue weighted by Gasteiger charge is -2.36. The molecule has 0 radical (unpaired) electrons. The molecule has 0 bridgehead atoms. The van der Waals surface area contributed by atoms with Crippen molar-refractivity contribution in [1.82, 2.24) is 4.90 Å². The smallest absolute Gasteiger partial charge is 0.490 e. The number of amides is 1. The van der Waals surface area contributed by atoms with Gasteiger partial charge in [0.2, 0.25) is 0 Å². The lowest BCUT2D eigenvalue weighted by atomic mass is 9.79. The molecule has 0 atom stereocenters. The van der Waals surface area contributed by atoms with Crippen molar-refractivity contribution in [3.8, 4) is 5.75 Å². The predicted molar refractivity (Wildman–Crippen MR) is 90.7 cm³/mol. The van der Waals surface area contributed by atoms with Gasteiger partial charge in [-0.1, -0.05) is 6.07 Å². The Balaban J connectivity index is 1.60. The Hall–Kier alpha value is -1.80. The van der Waals surface area contributed by atoms with Crippen LogP contribution in [0.15, 0.2) is 18.2 Å². The highest BCUT2D eigenvalue weighted by Crippen LogP contribution is 2.36. The van der Waals surface area contributed by atoms with E-state index in [2.05, 4.69) is 0 Å². The fourth-order valence-corrected chi connectivity index (χ4v) is 2.80. The Bertz CT molecular complexity index is 659. The minimum atomic E-state index is -0.936. The van der Waals surface area contributed by atoms with Crippen molar-refractivity contribution in [3.63, 3.8) is 0 Å². The van der Waals surface area contributed by atoms with Gasteiger partial charge in [0, 0.05) is 19.0 Å². The molecule has 2 saturated heterocycles. The molecule has 0 saturated carbocycles. The Morgan fingerprint density at radius 1 is 1.32 bits per heavy atom. The van der Waals surface area contributed by atoms with Crippen molar-refractivity contribution < 1.29 is 28.3 Å². The summed E-state index contributed by atoms with van der Waals surface area (Å²) in [7, 11) is -0.621. The summed E-state index contributed by atoms with van der Waals surface area (Å²) in [5.41, 5.74) is -0.364. The topological polar surface area (TPSA) is 68.2 Å². The maximum absolute atomic E-state index is 14.3. The van der Waals surface area contributed by atoms with Crippen LogP contribution < -0.4 is 10.2 Å². The molecule has 0 unspecified atom stereocenters. The number of nitrogens with zero attached hydrogens (tertiary/aromatic N) is 1. The SMILES string of the molecule is CC1(C)OB(c2ccc(OCC3CN(C(=O)O)C3)c(F)c2)OC1(C)C. The minimum absolute atomic E-state index is 0.0956. The first-order chi connectivity index (χ1) is 11.6. The van der Waals surface area contributed by atoms with E-state index in [-0.39, 0.29) is 18.3 Å². The molecule has 1 amide bonds. The molecular formula is C17H23BFNO5. The molecule has 8 heteroatoms. The largest absolute Gasteiger partial charge is 0.494 e. The molecule has 1 N–H and O–H groups in total. The lowest BCUT2D eigenvalue weighted by Crippen LogP contribution is -2.51. The molecule has 0 spiro atoms. The number of carbonyl (C=O) groups is 1. The Morgan fingerprint density at radius 3 is 2.44 bits per heavy atom. The van der Waals surface area contributed by atoms with Gasteiger partial charge in [0.1, 0.15) is 0 Å². The van der Waals surface area contributed by atoms with E-state index in [9.17, 15) is 9.18 Å². The standard InChI is InChI=1S/C17H23BFNO5/c1-16(2)17(3,4)25-18(24-16)12-5-6-14(13(19)7-12)23-10-11-8-20(9-11)15(21)22/h5-7,11H,8-10H2,1-4H3,(H,21,22). The number of benzene rings is 1. The first-order valence-corrected chi connectivity index (χ1v) is 8.35. The van der Waals surface area contributed by atoms with E-state index in [1.807, 2.05) is 27.7 Å². The third-order valence-electron chi connectivity index (χ3n) is 5.18. The number of hydrogen-bond donors (Lipinski definition) is 1. The van der Waals surface area contributed by atoms with Crippen molar-refractivity contribution in [2.45, 2.75) is 38.9 Å². The zero-order chi connectivity index (χ0) is 18.4. The van der Waals surface area contributed by atoms with E-state index >= 15 is 0 Å². The van der Waals surface area contributed by atoms with Gasteiger partial charge in [-0.05, 0) is 45.3 Å². The fraction of sp³-hybridized carbons (Fsp3) is 0.588. The second-order valence-electron chi connectivity index (χ2n) is 7.64. The molecular weight excluding hydrogens is 328 g/mol. The Labute approximate surface area is 147 Å². The molecule has 2 heterocycles. The van der Waals surface area contributed by atoms with Gasteiger partial charge >= 0.3 is 13.2 Å². The molecule has 136 valence electrons. The van der Waals surface area contributed by atoms with Gasteiger partial charge in [0.15, 0.2) is 11.6 Å². The first-order valence-electron chi connectivity index (χ1n) is 8.35. The normalized spacial score (nSPS) is 22.0. The third-order valence-corrected chi connectivity index (χ3v) is 5.18. The highest BCUT2D eigenvalue weighted by Gasteiger charge is 2.51. The number of hydrogen-bond acceptors (Lipinski definition) is 4. The molecule has 0 aromatic heterocycles. The number of ether oxygens (including phenoxy) is 1. The van der Waals surface area contributed by atoms with Crippen molar-refractivity contribution >= 4 is 18.7 Å². The maximum Gasteiger partial charge on any atom is 0.494 e. The summed E-state index contributed by atoms with van der Waals surface area (Å²) in [6, 6.07) is 4.65. The average Bonchev–Trinajstić information content (AvgIpc) is 2.66. The van der Waals surface area contributed by atoms with Gasteiger partial charge < -0.3 is 24.1 Å². The highest BCUT2D eigenvalue weighted by atomic mass is 19.1. The first kappa shape index (κ1) is 18.0. The number of likely N-dealkylation sites (tertiary alicyclic amines) is 1. The van der Waals surface area contributed by atoms with Crippen molar-refractivity contribution in [2.24, 2.45) is 5.92 Å². The Kier molecular flexibility index (Phi) is 4.45. The van der Waals surface area contributed by atoms with Gasteiger partial charge in [0.05, 0.1) is 17.8 Å². The van der Waals surface area contributed by atoms with Crippen LogP contribution in [0.1, 0.15) is 27.7 Å². The molecule has 1 aromatic rings. The van der Waals surface area contributed by atoms with Crippen LogP contribution in [-0.2, 0) is 9.31 Å². The summed E-state index contributed by atoms with van der Waals surface area (Å²) in [6.07, 6.45) is -0.936. The van der Waals surface area contributed by atoms with Crippen molar-refractivity contribution in [3.05, 3.63) is 24.0 Å². The second-order valence-corrected chi connectivity index (χ2v) is 7.64. The fourth-order valence-electron chi connectivity index (χ4n) is 2.80. The van der Waals surface area contributed by atoms with E-state index in [4.69, 9.17) is 19.2 Å². The molecule has 2 aliphatic heterocycles. The average molecular weight is 351 g/mol. The summed E-state index contributed by atoms with van der Waals surface area (Å²) < 4.78 is 31.6. The van der Waals surface area contributed by atoms with Crippen LogP contribution in [0, 0.1) is 11.7 Å². The van der Waals surface area contributed by atoms with Crippen LogP contribution in [0.25, 0.3) is 0 Å².